The molecule has 1 aromatic carbocycles. The van der Waals surface area contributed by atoms with E-state index in [9.17, 15) is 9.90 Å². The Kier molecular flexibility index (Phi) is 4.65. The van der Waals surface area contributed by atoms with E-state index in [-0.39, 0.29) is 12.0 Å². The van der Waals surface area contributed by atoms with E-state index < -0.39 is 0 Å². The molecule has 2 N–H and O–H groups in total. The van der Waals surface area contributed by atoms with Gasteiger partial charge in [0.1, 0.15) is 11.5 Å². The van der Waals surface area contributed by atoms with Gasteiger partial charge in [0, 0.05) is 31.2 Å². The lowest BCUT2D eigenvalue weighted by Gasteiger charge is -2.36. The van der Waals surface area contributed by atoms with Gasteiger partial charge in [0.25, 0.3) is 5.91 Å². The molecule has 5 rings (SSSR count). The van der Waals surface area contributed by atoms with Gasteiger partial charge >= 0.3 is 0 Å². The fourth-order valence-corrected chi connectivity index (χ4v) is 3.71. The van der Waals surface area contributed by atoms with E-state index >= 15 is 0 Å². The molecule has 0 spiro atoms. The predicted molar refractivity (Wildman–Crippen MR) is 116 cm³/mol. The number of carbonyl (C=O) groups excluding carboxylic acids is 1. The number of amides is 1. The van der Waals surface area contributed by atoms with Gasteiger partial charge in [-0.05, 0) is 29.8 Å². The maximum atomic E-state index is 13.1. The number of hydrogen-bond acceptors (Lipinski definition) is 5. The molecule has 0 atom stereocenters. The van der Waals surface area contributed by atoms with Crippen LogP contribution in [-0.2, 0) is 6.54 Å². The smallest absolute Gasteiger partial charge is 0.272 e. The molecule has 0 bridgehead atoms. The van der Waals surface area contributed by atoms with E-state index in [0.717, 1.165) is 22.3 Å². The molecular weight excluding hydrogens is 378 g/mol. The number of rotatable bonds is 5. The molecule has 0 radical (unpaired) electrons. The summed E-state index contributed by atoms with van der Waals surface area (Å²) < 4.78 is 1.98. The fraction of sp³-hybridized carbons (Fsp3) is 0.174. The first kappa shape index (κ1) is 18.3. The zero-order valence-corrected chi connectivity index (χ0v) is 16.3. The van der Waals surface area contributed by atoms with Crippen molar-refractivity contribution < 1.29 is 9.90 Å². The molecule has 0 saturated carbocycles. The molecule has 1 amide bonds. The van der Waals surface area contributed by atoms with Gasteiger partial charge in [-0.25, -0.2) is 4.98 Å². The Morgan fingerprint density at radius 1 is 1.10 bits per heavy atom. The number of nitrogens with one attached hydrogen (secondary N) is 1. The molecule has 0 aliphatic carbocycles. The average molecular weight is 399 g/mol. The van der Waals surface area contributed by atoms with E-state index in [1.54, 1.807) is 18.6 Å². The molecule has 150 valence electrons. The van der Waals surface area contributed by atoms with Crippen molar-refractivity contribution >= 4 is 28.3 Å². The zero-order valence-electron chi connectivity index (χ0n) is 16.3. The van der Waals surface area contributed by atoms with Crippen molar-refractivity contribution in [3.63, 3.8) is 0 Å². The minimum Gasteiger partial charge on any atom is -0.389 e. The third kappa shape index (κ3) is 3.51. The normalized spacial score (nSPS) is 14.0. The van der Waals surface area contributed by atoms with Gasteiger partial charge in [0.2, 0.25) is 0 Å². The Hall–Kier alpha value is -3.71. The number of β-amino-alcohol motifs (C(OH)–C–C–N with tert-alkyl or cyclic N) is 1. The maximum absolute atomic E-state index is 13.1. The Morgan fingerprint density at radius 2 is 1.93 bits per heavy atom. The zero-order chi connectivity index (χ0) is 20.5. The summed E-state index contributed by atoms with van der Waals surface area (Å²) in [4.78, 5) is 23.7. The summed E-state index contributed by atoms with van der Waals surface area (Å²) >= 11 is 0. The van der Waals surface area contributed by atoms with Crippen molar-refractivity contribution in [2.45, 2.75) is 12.6 Å². The van der Waals surface area contributed by atoms with Gasteiger partial charge in [-0.15, -0.1) is 0 Å². The number of aromatic nitrogens is 3. The predicted octanol–water partition coefficient (Wildman–Crippen LogP) is 2.91. The van der Waals surface area contributed by atoms with Crippen molar-refractivity contribution in [3.8, 4) is 0 Å². The second kappa shape index (κ2) is 7.61. The van der Waals surface area contributed by atoms with Crippen LogP contribution < -0.4 is 10.2 Å². The lowest BCUT2D eigenvalue weighted by Crippen LogP contribution is -2.51. The van der Waals surface area contributed by atoms with Crippen LogP contribution in [0.4, 0.5) is 11.5 Å². The van der Waals surface area contributed by atoms with Crippen LogP contribution in [0.1, 0.15) is 16.1 Å². The molecule has 1 aliphatic heterocycles. The van der Waals surface area contributed by atoms with Crippen LogP contribution in [0, 0.1) is 0 Å². The molecule has 7 heteroatoms. The molecule has 4 aromatic rings. The number of anilines is 2. The molecular formula is C23H21N5O2. The summed E-state index contributed by atoms with van der Waals surface area (Å²) in [6, 6.07) is 17.5. The molecule has 1 fully saturated rings. The highest BCUT2D eigenvalue weighted by atomic mass is 16.3. The van der Waals surface area contributed by atoms with Crippen LogP contribution in [0.15, 0.2) is 73.2 Å². The van der Waals surface area contributed by atoms with Crippen molar-refractivity contribution in [2.75, 3.05) is 23.3 Å². The Labute approximate surface area is 173 Å². The average Bonchev–Trinajstić information content (AvgIpc) is 3.12. The second-order valence-corrected chi connectivity index (χ2v) is 7.45. The fourth-order valence-electron chi connectivity index (χ4n) is 3.71. The molecule has 1 aliphatic rings. The highest BCUT2D eigenvalue weighted by Gasteiger charge is 2.25. The van der Waals surface area contributed by atoms with Crippen molar-refractivity contribution in [2.24, 2.45) is 0 Å². The number of hydrogen-bond donors (Lipinski definition) is 2. The van der Waals surface area contributed by atoms with Crippen molar-refractivity contribution in [1.82, 2.24) is 14.5 Å². The van der Waals surface area contributed by atoms with E-state index in [1.807, 2.05) is 64.1 Å². The van der Waals surface area contributed by atoms with Crippen LogP contribution in [-0.4, -0.2) is 44.7 Å². The molecule has 3 aromatic heterocycles. The highest BCUT2D eigenvalue weighted by molar-refractivity contribution is 6.06. The number of nitrogens with zero attached hydrogens (tertiary/aromatic N) is 4. The molecule has 1 saturated heterocycles. The number of aliphatic hydroxyl groups excluding tert-OH is 1. The number of benzene rings is 1. The van der Waals surface area contributed by atoms with Crippen LogP contribution in [0.5, 0.6) is 0 Å². The van der Waals surface area contributed by atoms with Crippen LogP contribution >= 0.6 is 0 Å². The van der Waals surface area contributed by atoms with Gasteiger partial charge in [0.15, 0.2) is 0 Å². The lowest BCUT2D eigenvalue weighted by atomic mass is 10.2. The third-order valence-corrected chi connectivity index (χ3v) is 5.31. The van der Waals surface area contributed by atoms with E-state index in [4.69, 9.17) is 0 Å². The standard InChI is InChI=1S/C23H21N5O2/c29-19-14-27(15-19)22-7-6-18(11-25-22)26-23(30)20-10-17-8-9-24-12-21(17)28(20)13-16-4-2-1-3-5-16/h1-12,19,29H,13-15H2,(H,26,30). The quantitative estimate of drug-likeness (QED) is 0.539. The Bertz CT molecular complexity index is 1180. The topological polar surface area (TPSA) is 83.3 Å². The summed E-state index contributed by atoms with van der Waals surface area (Å²) in [5.41, 5.74) is 3.21. The SMILES string of the molecule is O=C(Nc1ccc(N2CC(O)C2)nc1)c1cc2ccncc2n1Cc1ccccc1. The summed E-state index contributed by atoms with van der Waals surface area (Å²) in [5, 5.41) is 13.4. The minimum absolute atomic E-state index is 0.198. The highest BCUT2D eigenvalue weighted by Crippen LogP contribution is 2.23. The molecule has 0 unspecified atom stereocenters. The van der Waals surface area contributed by atoms with Gasteiger partial charge < -0.3 is 19.9 Å². The van der Waals surface area contributed by atoms with Crippen LogP contribution in [0.25, 0.3) is 10.9 Å². The summed E-state index contributed by atoms with van der Waals surface area (Å²) in [6.07, 6.45) is 4.87. The van der Waals surface area contributed by atoms with E-state index in [1.165, 1.54) is 0 Å². The van der Waals surface area contributed by atoms with Crippen LogP contribution in [0.3, 0.4) is 0 Å². The summed E-state index contributed by atoms with van der Waals surface area (Å²) in [7, 11) is 0. The summed E-state index contributed by atoms with van der Waals surface area (Å²) in [6.45, 7) is 1.76. The molecule has 30 heavy (non-hydrogen) atoms. The largest absolute Gasteiger partial charge is 0.389 e. The maximum Gasteiger partial charge on any atom is 0.272 e. The first-order valence-electron chi connectivity index (χ1n) is 9.85. The number of pyridine rings is 2. The van der Waals surface area contributed by atoms with Gasteiger partial charge in [-0.3, -0.25) is 9.78 Å². The van der Waals surface area contributed by atoms with E-state index in [2.05, 4.69) is 15.3 Å². The number of fused-ring (bicyclic) bond motifs is 1. The minimum atomic E-state index is -0.285. The number of carbonyl (C=O) groups is 1. The monoisotopic (exact) mass is 399 g/mol. The second-order valence-electron chi connectivity index (χ2n) is 7.45. The summed E-state index contributed by atoms with van der Waals surface area (Å²) in [5.74, 6) is 0.596. The Morgan fingerprint density at radius 3 is 2.67 bits per heavy atom. The molecule has 7 nitrogen and oxygen atoms in total. The van der Waals surface area contributed by atoms with Crippen molar-refractivity contribution in [3.05, 3.63) is 84.4 Å². The third-order valence-electron chi connectivity index (χ3n) is 5.31. The Balaban J connectivity index is 1.41. The van der Waals surface area contributed by atoms with Gasteiger partial charge in [-0.2, -0.15) is 0 Å². The van der Waals surface area contributed by atoms with Gasteiger partial charge in [-0.1, -0.05) is 30.3 Å². The van der Waals surface area contributed by atoms with Crippen LogP contribution in [0.2, 0.25) is 0 Å². The first-order chi connectivity index (χ1) is 14.7. The van der Waals surface area contributed by atoms with Gasteiger partial charge in [0.05, 0.1) is 29.7 Å². The van der Waals surface area contributed by atoms with Crippen molar-refractivity contribution in [1.29, 1.82) is 0 Å². The number of aliphatic hydroxyl groups is 1. The van der Waals surface area contributed by atoms with E-state index in [0.29, 0.717) is 31.0 Å². The lowest BCUT2D eigenvalue weighted by molar-refractivity contribution is 0.101. The molecule has 4 heterocycles. The first-order valence-corrected chi connectivity index (χ1v) is 9.85.